The number of carbonyl (C=O) groups is 1. The van der Waals surface area contributed by atoms with Crippen LogP contribution < -0.4 is 5.73 Å². The van der Waals surface area contributed by atoms with Gasteiger partial charge in [-0.2, -0.15) is 0 Å². The molecule has 1 aliphatic rings. The van der Waals surface area contributed by atoms with E-state index in [9.17, 15) is 4.79 Å². The number of nitrogens with zero attached hydrogens (tertiary/aromatic N) is 2. The Balaban J connectivity index is 1.58. The minimum Gasteiger partial charge on any atom is -0.369 e. The number of amides is 1. The molecule has 0 saturated carbocycles. The quantitative estimate of drug-likeness (QED) is 0.902. The number of rotatable bonds is 5. The number of thiophene rings is 1. The molecule has 0 unspecified atom stereocenters. The number of primary amides is 1. The molecule has 0 spiro atoms. The second-order valence-electron chi connectivity index (χ2n) is 5.76. The number of hydrogen-bond acceptors (Lipinski definition) is 4. The van der Waals surface area contributed by atoms with Crippen LogP contribution in [0.5, 0.6) is 0 Å². The van der Waals surface area contributed by atoms with Crippen LogP contribution in [0, 0.1) is 0 Å². The van der Waals surface area contributed by atoms with E-state index >= 15 is 0 Å². The molecule has 6 heteroatoms. The largest absolute Gasteiger partial charge is 0.369 e. The van der Waals surface area contributed by atoms with Crippen molar-refractivity contribution in [2.24, 2.45) is 5.73 Å². The third-order valence-corrected chi connectivity index (χ3v) is 5.46. The monoisotopic (exact) mass is 349 g/mol. The summed E-state index contributed by atoms with van der Waals surface area (Å²) in [4.78, 5) is 18.0. The zero-order valence-corrected chi connectivity index (χ0v) is 14.4. The van der Waals surface area contributed by atoms with Gasteiger partial charge in [0.05, 0.1) is 6.54 Å². The van der Waals surface area contributed by atoms with Crippen molar-refractivity contribution in [1.82, 2.24) is 9.80 Å². The van der Waals surface area contributed by atoms with E-state index in [4.69, 9.17) is 17.3 Å². The van der Waals surface area contributed by atoms with Gasteiger partial charge in [-0.05, 0) is 18.2 Å². The molecule has 23 heavy (non-hydrogen) atoms. The van der Waals surface area contributed by atoms with Gasteiger partial charge in [0, 0.05) is 53.1 Å². The van der Waals surface area contributed by atoms with E-state index in [1.165, 1.54) is 9.75 Å². The summed E-state index contributed by atoms with van der Waals surface area (Å²) in [7, 11) is 0. The van der Waals surface area contributed by atoms with Crippen LogP contribution in [-0.2, 0) is 11.3 Å². The molecule has 0 aliphatic carbocycles. The van der Waals surface area contributed by atoms with Gasteiger partial charge < -0.3 is 5.73 Å². The predicted octanol–water partition coefficient (Wildman–Crippen LogP) is 2.67. The second-order valence-corrected chi connectivity index (χ2v) is 7.34. The van der Waals surface area contributed by atoms with Gasteiger partial charge in [0.1, 0.15) is 0 Å². The van der Waals surface area contributed by atoms with Crippen molar-refractivity contribution >= 4 is 28.8 Å². The van der Waals surface area contributed by atoms with Crippen LogP contribution >= 0.6 is 22.9 Å². The average Bonchev–Trinajstić information content (AvgIpc) is 2.97. The molecule has 4 nitrogen and oxygen atoms in total. The first-order valence-electron chi connectivity index (χ1n) is 7.68. The van der Waals surface area contributed by atoms with Crippen molar-refractivity contribution in [2.75, 3.05) is 32.7 Å². The minimum atomic E-state index is -0.249. The van der Waals surface area contributed by atoms with Crippen LogP contribution in [0.15, 0.2) is 36.4 Å². The Morgan fingerprint density at radius 2 is 1.78 bits per heavy atom. The van der Waals surface area contributed by atoms with Gasteiger partial charge in [-0.15, -0.1) is 11.3 Å². The van der Waals surface area contributed by atoms with E-state index < -0.39 is 0 Å². The van der Waals surface area contributed by atoms with Crippen molar-refractivity contribution in [3.63, 3.8) is 0 Å². The van der Waals surface area contributed by atoms with Gasteiger partial charge >= 0.3 is 0 Å². The van der Waals surface area contributed by atoms with Crippen LogP contribution in [0.1, 0.15) is 4.88 Å². The highest BCUT2D eigenvalue weighted by Crippen LogP contribution is 2.33. The second kappa shape index (κ2) is 7.45. The summed E-state index contributed by atoms with van der Waals surface area (Å²) >= 11 is 8.06. The van der Waals surface area contributed by atoms with Crippen LogP contribution in [0.3, 0.4) is 0 Å². The van der Waals surface area contributed by atoms with Crippen molar-refractivity contribution in [3.05, 3.63) is 46.3 Å². The lowest BCUT2D eigenvalue weighted by Gasteiger charge is -2.33. The molecule has 2 aromatic rings. The summed E-state index contributed by atoms with van der Waals surface area (Å²) in [6.07, 6.45) is 0. The maximum Gasteiger partial charge on any atom is 0.231 e. The summed E-state index contributed by atoms with van der Waals surface area (Å²) in [5, 5.41) is 0.793. The van der Waals surface area contributed by atoms with Gasteiger partial charge in [0.25, 0.3) is 0 Å². The lowest BCUT2D eigenvalue weighted by Crippen LogP contribution is -2.48. The van der Waals surface area contributed by atoms with Gasteiger partial charge in [-0.3, -0.25) is 14.6 Å². The molecule has 0 bridgehead atoms. The molecular weight excluding hydrogens is 330 g/mol. The number of benzene rings is 1. The number of carbonyl (C=O) groups excluding carboxylic acids is 1. The molecule has 1 aliphatic heterocycles. The summed E-state index contributed by atoms with van der Waals surface area (Å²) < 4.78 is 0. The lowest BCUT2D eigenvalue weighted by molar-refractivity contribution is -0.119. The molecule has 1 amide bonds. The van der Waals surface area contributed by atoms with Crippen molar-refractivity contribution < 1.29 is 4.79 Å². The van der Waals surface area contributed by atoms with E-state index in [-0.39, 0.29) is 5.91 Å². The number of halogens is 1. The minimum absolute atomic E-state index is 0.249. The van der Waals surface area contributed by atoms with E-state index in [2.05, 4.69) is 28.0 Å². The van der Waals surface area contributed by atoms with Crippen molar-refractivity contribution in [3.8, 4) is 10.4 Å². The molecule has 3 rings (SSSR count). The highest BCUT2D eigenvalue weighted by molar-refractivity contribution is 7.15. The molecule has 1 aromatic carbocycles. The first-order chi connectivity index (χ1) is 11.1. The third kappa shape index (κ3) is 4.32. The van der Waals surface area contributed by atoms with Crippen LogP contribution in [0.2, 0.25) is 5.02 Å². The molecular formula is C17H20ClN3OS. The van der Waals surface area contributed by atoms with E-state index in [0.29, 0.717) is 6.54 Å². The predicted molar refractivity (Wildman–Crippen MR) is 95.7 cm³/mol. The molecule has 1 aromatic heterocycles. The van der Waals surface area contributed by atoms with Crippen molar-refractivity contribution in [1.29, 1.82) is 0 Å². The topological polar surface area (TPSA) is 49.6 Å². The van der Waals surface area contributed by atoms with Gasteiger partial charge in [0.2, 0.25) is 5.91 Å². The SMILES string of the molecule is NC(=O)CN1CCN(Cc2ccc(-c3ccccc3Cl)s2)CC1. The Hall–Kier alpha value is -1.40. The standard InChI is InChI=1S/C17H20ClN3OS/c18-15-4-2-1-3-14(15)16-6-5-13(23-16)11-20-7-9-21(10-8-20)12-17(19)22/h1-6H,7-12H2,(H2,19,22). The van der Waals surface area contributed by atoms with Gasteiger partial charge in [-0.1, -0.05) is 29.8 Å². The lowest BCUT2D eigenvalue weighted by atomic mass is 10.2. The Morgan fingerprint density at radius 1 is 1.09 bits per heavy atom. The zero-order chi connectivity index (χ0) is 16.2. The highest BCUT2D eigenvalue weighted by Gasteiger charge is 2.18. The maximum absolute atomic E-state index is 11.0. The number of piperazine rings is 1. The van der Waals surface area contributed by atoms with E-state index in [0.717, 1.165) is 43.3 Å². The Bertz CT molecular complexity index is 680. The molecule has 1 fully saturated rings. The smallest absolute Gasteiger partial charge is 0.231 e. The first kappa shape index (κ1) is 16.5. The van der Waals surface area contributed by atoms with Crippen LogP contribution in [-0.4, -0.2) is 48.4 Å². The maximum atomic E-state index is 11.0. The summed E-state index contributed by atoms with van der Waals surface area (Å²) in [5.74, 6) is -0.249. The van der Waals surface area contributed by atoms with Gasteiger partial charge in [-0.25, -0.2) is 0 Å². The fourth-order valence-electron chi connectivity index (χ4n) is 2.81. The zero-order valence-electron chi connectivity index (χ0n) is 12.9. The highest BCUT2D eigenvalue weighted by atomic mass is 35.5. The summed E-state index contributed by atoms with van der Waals surface area (Å²) in [6, 6.07) is 12.3. The van der Waals surface area contributed by atoms with E-state index in [1.54, 1.807) is 11.3 Å². The number of hydrogen-bond donors (Lipinski definition) is 1. The van der Waals surface area contributed by atoms with Crippen LogP contribution in [0.25, 0.3) is 10.4 Å². The molecule has 122 valence electrons. The Kier molecular flexibility index (Phi) is 5.33. The molecule has 0 radical (unpaired) electrons. The number of nitrogens with two attached hydrogens (primary N) is 1. The summed E-state index contributed by atoms with van der Waals surface area (Å²) in [6.45, 7) is 5.03. The molecule has 2 heterocycles. The molecule has 1 saturated heterocycles. The Labute approximate surface area is 145 Å². The molecule has 2 N–H and O–H groups in total. The average molecular weight is 350 g/mol. The summed E-state index contributed by atoms with van der Waals surface area (Å²) in [5.41, 5.74) is 6.34. The third-order valence-electron chi connectivity index (χ3n) is 4.02. The van der Waals surface area contributed by atoms with Crippen LogP contribution in [0.4, 0.5) is 0 Å². The van der Waals surface area contributed by atoms with Gasteiger partial charge in [0.15, 0.2) is 0 Å². The molecule has 0 atom stereocenters. The van der Waals surface area contributed by atoms with E-state index in [1.807, 2.05) is 18.2 Å². The fraction of sp³-hybridized carbons (Fsp3) is 0.353. The normalized spacial score (nSPS) is 16.6. The first-order valence-corrected chi connectivity index (χ1v) is 8.88. The fourth-order valence-corrected chi connectivity index (χ4v) is 4.20. The van der Waals surface area contributed by atoms with Crippen molar-refractivity contribution in [2.45, 2.75) is 6.54 Å². The Morgan fingerprint density at radius 3 is 2.48 bits per heavy atom.